The number of nitrogens with one attached hydrogen (secondary N) is 1. The van der Waals surface area contributed by atoms with Crippen LogP contribution in [0.15, 0.2) is 54.7 Å². The van der Waals surface area contributed by atoms with E-state index >= 15 is 0 Å². The first-order valence-electron chi connectivity index (χ1n) is 8.20. The summed E-state index contributed by atoms with van der Waals surface area (Å²) in [6.45, 7) is 0. The lowest BCUT2D eigenvalue weighted by Crippen LogP contribution is -2.39. The number of rotatable bonds is 2. The van der Waals surface area contributed by atoms with Crippen LogP contribution in [0.2, 0.25) is 0 Å². The lowest BCUT2D eigenvalue weighted by molar-refractivity contribution is -0.143. The zero-order valence-electron chi connectivity index (χ0n) is 13.3. The first-order chi connectivity index (χ1) is 12.1. The van der Waals surface area contributed by atoms with Gasteiger partial charge < -0.3 is 20.1 Å². The van der Waals surface area contributed by atoms with Gasteiger partial charge in [0.05, 0.1) is 6.42 Å². The Morgan fingerprint density at radius 2 is 1.92 bits per heavy atom. The maximum atomic E-state index is 11.5. The summed E-state index contributed by atoms with van der Waals surface area (Å²) in [5, 5.41) is 22.0. The second-order valence-corrected chi connectivity index (χ2v) is 6.64. The van der Waals surface area contributed by atoms with E-state index < -0.39 is 17.6 Å². The van der Waals surface area contributed by atoms with Gasteiger partial charge in [-0.05, 0) is 18.2 Å². The molecule has 5 heteroatoms. The molecule has 5 nitrogen and oxygen atoms in total. The average molecular weight is 332 g/mol. The number of carboxylic acids is 1. The zero-order chi connectivity index (χ0) is 17.2. The lowest BCUT2D eigenvalue weighted by atomic mass is 9.83. The van der Waals surface area contributed by atoms with Crippen LogP contribution in [0.1, 0.15) is 29.3 Å². The van der Waals surface area contributed by atoms with E-state index in [9.17, 15) is 15.0 Å². The van der Waals surface area contributed by atoms with Crippen molar-refractivity contribution in [2.45, 2.75) is 18.1 Å². The maximum absolute atomic E-state index is 11.5. The minimum absolute atomic E-state index is 0.353. The highest BCUT2D eigenvalue weighted by Gasteiger charge is 2.53. The van der Waals surface area contributed by atoms with Gasteiger partial charge in [-0.2, -0.15) is 0 Å². The number of fused-ring (bicyclic) bond motifs is 7. The predicted octanol–water partition coefficient (Wildman–Crippen LogP) is 3.38. The van der Waals surface area contributed by atoms with E-state index in [0.29, 0.717) is 5.56 Å². The molecule has 25 heavy (non-hydrogen) atoms. The van der Waals surface area contributed by atoms with Crippen molar-refractivity contribution >= 4 is 28.6 Å². The molecule has 0 radical (unpaired) electrons. The summed E-state index contributed by atoms with van der Waals surface area (Å²) in [4.78, 5) is 16.9. The van der Waals surface area contributed by atoms with E-state index in [1.165, 1.54) is 0 Å². The molecule has 2 unspecified atom stereocenters. The smallest absolute Gasteiger partial charge is 0.306 e. The summed E-state index contributed by atoms with van der Waals surface area (Å²) in [5.74, 6) is -1.02. The van der Waals surface area contributed by atoms with Gasteiger partial charge in [0.25, 0.3) is 0 Å². The first-order valence-corrected chi connectivity index (χ1v) is 8.20. The van der Waals surface area contributed by atoms with Gasteiger partial charge in [-0.3, -0.25) is 4.79 Å². The molecule has 2 aliphatic rings. The summed E-state index contributed by atoms with van der Waals surface area (Å²) in [5.41, 5.74) is 2.84. The van der Waals surface area contributed by atoms with Gasteiger partial charge in [0, 0.05) is 39.6 Å². The fraction of sp³-hybridized carbons (Fsp3) is 0.150. The van der Waals surface area contributed by atoms with Gasteiger partial charge in [-0.15, -0.1) is 0 Å². The number of aromatic amines is 1. The molecule has 0 saturated carbocycles. The van der Waals surface area contributed by atoms with Crippen LogP contribution in [-0.4, -0.2) is 21.2 Å². The topological polar surface area (TPSA) is 76.6 Å². The minimum Gasteiger partial charge on any atom is -0.481 e. The summed E-state index contributed by atoms with van der Waals surface area (Å²) in [7, 11) is 0. The van der Waals surface area contributed by atoms with Gasteiger partial charge in [0.2, 0.25) is 0 Å². The van der Waals surface area contributed by atoms with Crippen LogP contribution in [0, 0.1) is 0 Å². The van der Waals surface area contributed by atoms with Crippen molar-refractivity contribution in [1.29, 1.82) is 0 Å². The second kappa shape index (κ2) is 4.74. The standard InChI is InChI=1S/C20H16N2O3/c23-17(24)11-20(25)14-6-2-4-8-16(14)22-10-9-13-12-5-1-3-7-15(12)21-18(13)19(20)22/h1-10,19,21,25H,11H2,(H,23,24). The van der Waals surface area contributed by atoms with Crippen molar-refractivity contribution in [3.05, 3.63) is 71.6 Å². The van der Waals surface area contributed by atoms with E-state index in [1.807, 2.05) is 65.7 Å². The minimum atomic E-state index is -1.50. The molecule has 5 rings (SSSR count). The van der Waals surface area contributed by atoms with Crippen LogP contribution in [-0.2, 0) is 10.4 Å². The molecular formula is C20H16N2O3. The zero-order valence-corrected chi connectivity index (χ0v) is 13.3. The van der Waals surface area contributed by atoms with Gasteiger partial charge in [0.1, 0.15) is 11.6 Å². The van der Waals surface area contributed by atoms with Crippen LogP contribution >= 0.6 is 0 Å². The Morgan fingerprint density at radius 3 is 2.76 bits per heavy atom. The van der Waals surface area contributed by atoms with Crippen LogP contribution in [0.5, 0.6) is 0 Å². The highest BCUT2D eigenvalue weighted by molar-refractivity contribution is 5.93. The number of hydrogen-bond donors (Lipinski definition) is 3. The number of aliphatic hydroxyl groups is 1. The molecule has 0 amide bonds. The molecule has 2 aromatic carbocycles. The number of hydrogen-bond acceptors (Lipinski definition) is 3. The monoisotopic (exact) mass is 332 g/mol. The molecule has 2 aliphatic heterocycles. The number of H-pyrrole nitrogens is 1. The van der Waals surface area contributed by atoms with E-state index in [1.54, 1.807) is 0 Å². The van der Waals surface area contributed by atoms with Crippen molar-refractivity contribution in [2.24, 2.45) is 0 Å². The number of nitrogens with zero attached hydrogens (tertiary/aromatic N) is 1. The molecule has 1 aromatic heterocycles. The fourth-order valence-electron chi connectivity index (χ4n) is 4.28. The number of para-hydroxylation sites is 2. The Kier molecular flexibility index (Phi) is 2.71. The second-order valence-electron chi connectivity index (χ2n) is 6.64. The number of aromatic nitrogens is 1. The normalized spacial score (nSPS) is 23.4. The third-order valence-electron chi connectivity index (χ3n) is 5.25. The maximum Gasteiger partial charge on any atom is 0.306 e. The lowest BCUT2D eigenvalue weighted by Gasteiger charge is -2.35. The number of benzene rings is 2. The highest BCUT2D eigenvalue weighted by atomic mass is 16.4. The summed E-state index contributed by atoms with van der Waals surface area (Å²) in [6.07, 6.45) is 3.60. The molecule has 2 atom stereocenters. The van der Waals surface area contributed by atoms with Crippen molar-refractivity contribution in [3.8, 4) is 0 Å². The number of carboxylic acid groups (broad SMARTS) is 1. The number of carbonyl (C=O) groups is 1. The number of anilines is 1. The van der Waals surface area contributed by atoms with Crippen LogP contribution < -0.4 is 4.90 Å². The van der Waals surface area contributed by atoms with Gasteiger partial charge in [0.15, 0.2) is 0 Å². The van der Waals surface area contributed by atoms with Crippen LogP contribution in [0.25, 0.3) is 17.0 Å². The molecule has 0 bridgehead atoms. The summed E-state index contributed by atoms with van der Waals surface area (Å²) < 4.78 is 0. The van der Waals surface area contributed by atoms with Gasteiger partial charge in [-0.25, -0.2) is 0 Å². The molecule has 3 N–H and O–H groups in total. The third-order valence-corrected chi connectivity index (χ3v) is 5.25. The SMILES string of the molecule is O=C(O)CC1(O)c2ccccc2N2C=Cc3c([nH]c4ccccc34)C21. The van der Waals surface area contributed by atoms with Crippen LogP contribution in [0.3, 0.4) is 0 Å². The molecule has 3 heterocycles. The predicted molar refractivity (Wildman–Crippen MR) is 95.1 cm³/mol. The largest absolute Gasteiger partial charge is 0.481 e. The molecule has 0 aliphatic carbocycles. The van der Waals surface area contributed by atoms with E-state index in [2.05, 4.69) is 4.98 Å². The molecule has 0 fully saturated rings. The fourth-order valence-corrected chi connectivity index (χ4v) is 4.28. The van der Waals surface area contributed by atoms with Gasteiger partial charge >= 0.3 is 5.97 Å². The Morgan fingerprint density at radius 1 is 1.16 bits per heavy atom. The summed E-state index contributed by atoms with van der Waals surface area (Å²) in [6, 6.07) is 14.9. The highest BCUT2D eigenvalue weighted by Crippen LogP contribution is 2.55. The van der Waals surface area contributed by atoms with Crippen molar-refractivity contribution in [3.63, 3.8) is 0 Å². The van der Waals surface area contributed by atoms with Crippen molar-refractivity contribution in [2.75, 3.05) is 4.90 Å². The van der Waals surface area contributed by atoms with E-state index in [4.69, 9.17) is 0 Å². The molecule has 124 valence electrons. The Balaban J connectivity index is 1.80. The average Bonchev–Trinajstić information content (AvgIpc) is 3.09. The molecule has 3 aromatic rings. The Labute approximate surface area is 143 Å². The van der Waals surface area contributed by atoms with Crippen molar-refractivity contribution in [1.82, 2.24) is 4.98 Å². The molecule has 0 saturated heterocycles. The summed E-state index contributed by atoms with van der Waals surface area (Å²) >= 11 is 0. The molecule has 0 spiro atoms. The first kappa shape index (κ1) is 14.3. The van der Waals surface area contributed by atoms with Crippen LogP contribution in [0.4, 0.5) is 5.69 Å². The number of aliphatic carboxylic acids is 1. The quantitative estimate of drug-likeness (QED) is 0.672. The van der Waals surface area contributed by atoms with Gasteiger partial charge in [-0.1, -0.05) is 36.4 Å². The Hall–Kier alpha value is -3.05. The Bertz CT molecular complexity index is 1050. The molecular weight excluding hydrogens is 316 g/mol. The third kappa shape index (κ3) is 1.78. The van der Waals surface area contributed by atoms with Crippen molar-refractivity contribution < 1.29 is 15.0 Å². The van der Waals surface area contributed by atoms with E-state index in [0.717, 1.165) is 27.8 Å². The van der Waals surface area contributed by atoms with E-state index in [-0.39, 0.29) is 6.42 Å².